The van der Waals surface area contributed by atoms with Gasteiger partial charge in [-0.3, -0.25) is 0 Å². The molecule has 2 aromatic carbocycles. The van der Waals surface area contributed by atoms with Gasteiger partial charge in [-0.25, -0.2) is 4.79 Å². The second kappa shape index (κ2) is 9.16. The number of rotatable bonds is 7. The molecule has 0 N–H and O–H groups in total. The van der Waals surface area contributed by atoms with Crippen LogP contribution in [0.3, 0.4) is 0 Å². The quantitative estimate of drug-likeness (QED) is 0.380. The van der Waals surface area contributed by atoms with E-state index in [1.165, 1.54) is 12.2 Å². The lowest BCUT2D eigenvalue weighted by molar-refractivity contribution is -0.136. The van der Waals surface area contributed by atoms with Crippen molar-refractivity contribution < 1.29 is 14.3 Å². The molecule has 2 rings (SSSR count). The zero-order chi connectivity index (χ0) is 17.4. The third kappa shape index (κ3) is 5.44. The fourth-order valence-corrected chi connectivity index (χ4v) is 2.30. The number of hydrogen-bond acceptors (Lipinski definition) is 3. The van der Waals surface area contributed by atoms with Crippen LogP contribution in [0.5, 0.6) is 5.75 Å². The second-order valence-corrected chi connectivity index (χ2v) is 5.64. The smallest absolute Gasteiger partial charge is 0.331 e. The molecule has 0 radical (unpaired) electrons. The zero-order valence-electron chi connectivity index (χ0n) is 12.9. The molecular formula is C19H16Cl2O3. The predicted octanol–water partition coefficient (Wildman–Crippen LogP) is 5.31. The van der Waals surface area contributed by atoms with Crippen LogP contribution in [0.15, 0.2) is 61.2 Å². The molecule has 0 unspecified atom stereocenters. The lowest BCUT2D eigenvalue weighted by Crippen LogP contribution is -1.99. The van der Waals surface area contributed by atoms with E-state index in [0.29, 0.717) is 22.4 Å². The SMILES string of the molecule is C=CCOC(=O)/C=C/c1ccc(OCc2ccccc2Cl)c(Cl)c1. The Morgan fingerprint density at radius 3 is 2.62 bits per heavy atom. The van der Waals surface area contributed by atoms with Crippen LogP contribution in [0.1, 0.15) is 11.1 Å². The van der Waals surface area contributed by atoms with E-state index >= 15 is 0 Å². The summed E-state index contributed by atoms with van der Waals surface area (Å²) < 4.78 is 10.5. The molecular weight excluding hydrogens is 347 g/mol. The molecule has 0 aliphatic carbocycles. The van der Waals surface area contributed by atoms with Crippen molar-refractivity contribution in [2.24, 2.45) is 0 Å². The lowest BCUT2D eigenvalue weighted by atomic mass is 10.2. The number of ether oxygens (including phenoxy) is 2. The van der Waals surface area contributed by atoms with Crippen molar-refractivity contribution in [3.8, 4) is 5.75 Å². The topological polar surface area (TPSA) is 35.5 Å². The first-order chi connectivity index (χ1) is 11.6. The molecule has 0 fully saturated rings. The van der Waals surface area contributed by atoms with Gasteiger partial charge < -0.3 is 9.47 Å². The first kappa shape index (κ1) is 18.1. The summed E-state index contributed by atoms with van der Waals surface area (Å²) in [6.07, 6.45) is 4.46. The van der Waals surface area contributed by atoms with Crippen LogP contribution in [0.25, 0.3) is 6.08 Å². The first-order valence-corrected chi connectivity index (χ1v) is 7.97. The molecule has 0 heterocycles. The molecule has 0 aliphatic rings. The van der Waals surface area contributed by atoms with Gasteiger partial charge in [0.15, 0.2) is 0 Å². The fourth-order valence-electron chi connectivity index (χ4n) is 1.86. The van der Waals surface area contributed by atoms with Crippen LogP contribution < -0.4 is 4.74 Å². The largest absolute Gasteiger partial charge is 0.487 e. The Bertz CT molecular complexity index is 754. The number of carbonyl (C=O) groups excluding carboxylic acids is 1. The van der Waals surface area contributed by atoms with Crippen molar-refractivity contribution in [3.05, 3.63) is 82.4 Å². The molecule has 0 aromatic heterocycles. The molecule has 5 heteroatoms. The van der Waals surface area contributed by atoms with Gasteiger partial charge in [-0.1, -0.05) is 60.1 Å². The number of hydrogen-bond donors (Lipinski definition) is 0. The minimum absolute atomic E-state index is 0.179. The Morgan fingerprint density at radius 2 is 1.92 bits per heavy atom. The summed E-state index contributed by atoms with van der Waals surface area (Å²) in [7, 11) is 0. The molecule has 3 nitrogen and oxygen atoms in total. The van der Waals surface area contributed by atoms with Crippen LogP contribution >= 0.6 is 23.2 Å². The average molecular weight is 363 g/mol. The zero-order valence-corrected chi connectivity index (χ0v) is 14.4. The van der Waals surface area contributed by atoms with Crippen molar-refractivity contribution in [2.75, 3.05) is 6.61 Å². The van der Waals surface area contributed by atoms with Crippen molar-refractivity contribution in [1.29, 1.82) is 0 Å². The van der Waals surface area contributed by atoms with E-state index in [0.717, 1.165) is 11.1 Å². The number of benzene rings is 2. The standard InChI is InChI=1S/C19H16Cl2O3/c1-2-11-23-19(22)10-8-14-7-9-18(17(21)12-14)24-13-15-5-3-4-6-16(15)20/h2-10,12H,1,11,13H2/b10-8+. The summed E-state index contributed by atoms with van der Waals surface area (Å²) in [6.45, 7) is 3.98. The van der Waals surface area contributed by atoms with Gasteiger partial charge in [0.25, 0.3) is 0 Å². The van der Waals surface area contributed by atoms with Gasteiger partial charge in [0.1, 0.15) is 19.0 Å². The van der Waals surface area contributed by atoms with E-state index in [-0.39, 0.29) is 6.61 Å². The van der Waals surface area contributed by atoms with Gasteiger partial charge in [-0.15, -0.1) is 0 Å². The van der Waals surface area contributed by atoms with Gasteiger partial charge in [0, 0.05) is 16.7 Å². The lowest BCUT2D eigenvalue weighted by Gasteiger charge is -2.09. The Kier molecular flexibility index (Phi) is 6.91. The Balaban J connectivity index is 1.99. The van der Waals surface area contributed by atoms with Crippen LogP contribution in [0, 0.1) is 0 Å². The molecule has 0 atom stereocenters. The third-order valence-corrected chi connectivity index (χ3v) is 3.72. The van der Waals surface area contributed by atoms with Gasteiger partial charge >= 0.3 is 5.97 Å². The molecule has 24 heavy (non-hydrogen) atoms. The summed E-state index contributed by atoms with van der Waals surface area (Å²) >= 11 is 12.3. The number of esters is 1. The highest BCUT2D eigenvalue weighted by Gasteiger charge is 2.05. The summed E-state index contributed by atoms with van der Waals surface area (Å²) in [5.74, 6) is 0.105. The molecule has 0 saturated heterocycles. The monoisotopic (exact) mass is 362 g/mol. The highest BCUT2D eigenvalue weighted by molar-refractivity contribution is 6.32. The molecule has 2 aromatic rings. The minimum atomic E-state index is -0.440. The Labute approximate surface area is 151 Å². The minimum Gasteiger partial charge on any atom is -0.487 e. The van der Waals surface area contributed by atoms with E-state index < -0.39 is 5.97 Å². The van der Waals surface area contributed by atoms with Crippen molar-refractivity contribution in [1.82, 2.24) is 0 Å². The van der Waals surface area contributed by atoms with Gasteiger partial charge in [-0.2, -0.15) is 0 Å². The van der Waals surface area contributed by atoms with Crippen LogP contribution in [-0.2, 0) is 16.1 Å². The molecule has 0 spiro atoms. The summed E-state index contributed by atoms with van der Waals surface area (Å²) in [5.41, 5.74) is 1.64. The summed E-state index contributed by atoms with van der Waals surface area (Å²) in [6, 6.07) is 12.7. The normalized spacial score (nSPS) is 10.6. The molecule has 0 saturated carbocycles. The van der Waals surface area contributed by atoms with Crippen LogP contribution in [-0.4, -0.2) is 12.6 Å². The van der Waals surface area contributed by atoms with Crippen LogP contribution in [0.2, 0.25) is 10.0 Å². The molecule has 124 valence electrons. The molecule has 0 amide bonds. The van der Waals surface area contributed by atoms with Crippen molar-refractivity contribution in [2.45, 2.75) is 6.61 Å². The van der Waals surface area contributed by atoms with Gasteiger partial charge in [-0.05, 0) is 29.8 Å². The highest BCUT2D eigenvalue weighted by Crippen LogP contribution is 2.27. The Morgan fingerprint density at radius 1 is 1.12 bits per heavy atom. The van der Waals surface area contributed by atoms with E-state index in [9.17, 15) is 4.79 Å². The van der Waals surface area contributed by atoms with Crippen molar-refractivity contribution >= 4 is 35.2 Å². The van der Waals surface area contributed by atoms with Gasteiger partial charge in [0.2, 0.25) is 0 Å². The van der Waals surface area contributed by atoms with E-state index in [4.69, 9.17) is 32.7 Å². The number of halogens is 2. The maximum Gasteiger partial charge on any atom is 0.331 e. The van der Waals surface area contributed by atoms with Crippen LogP contribution in [0.4, 0.5) is 0 Å². The van der Waals surface area contributed by atoms with E-state index in [1.807, 2.05) is 18.2 Å². The third-order valence-electron chi connectivity index (χ3n) is 3.05. The second-order valence-electron chi connectivity index (χ2n) is 4.82. The highest BCUT2D eigenvalue weighted by atomic mass is 35.5. The summed E-state index contributed by atoms with van der Waals surface area (Å²) in [5, 5.41) is 1.09. The van der Waals surface area contributed by atoms with Gasteiger partial charge in [0.05, 0.1) is 5.02 Å². The number of carbonyl (C=O) groups is 1. The maximum absolute atomic E-state index is 11.4. The predicted molar refractivity (Wildman–Crippen MR) is 97.4 cm³/mol. The molecule has 0 bridgehead atoms. The summed E-state index contributed by atoms with van der Waals surface area (Å²) in [4.78, 5) is 11.4. The van der Waals surface area contributed by atoms with Crippen molar-refractivity contribution in [3.63, 3.8) is 0 Å². The average Bonchev–Trinajstić information content (AvgIpc) is 2.58. The fraction of sp³-hybridized carbons (Fsp3) is 0.105. The van der Waals surface area contributed by atoms with E-state index in [2.05, 4.69) is 6.58 Å². The van der Waals surface area contributed by atoms with E-state index in [1.54, 1.807) is 30.3 Å². The molecule has 0 aliphatic heterocycles. The first-order valence-electron chi connectivity index (χ1n) is 7.21. The Hall–Kier alpha value is -2.23. The maximum atomic E-state index is 11.4.